The van der Waals surface area contributed by atoms with Crippen LogP contribution in [-0.2, 0) is 11.3 Å². The second-order valence-corrected chi connectivity index (χ2v) is 6.70. The summed E-state index contributed by atoms with van der Waals surface area (Å²) in [6.45, 7) is 5.21. The molecule has 5 nitrogen and oxygen atoms in total. The Morgan fingerprint density at radius 3 is 2.92 bits per heavy atom. The summed E-state index contributed by atoms with van der Waals surface area (Å²) in [4.78, 5) is 18.6. The van der Waals surface area contributed by atoms with Crippen LogP contribution in [0.15, 0.2) is 30.5 Å². The van der Waals surface area contributed by atoms with E-state index >= 15 is 0 Å². The minimum absolute atomic E-state index is 0.0312. The van der Waals surface area contributed by atoms with Gasteiger partial charge < -0.3 is 14.7 Å². The molecule has 2 heterocycles. The van der Waals surface area contributed by atoms with Crippen molar-refractivity contribution in [3.05, 3.63) is 41.0 Å². The summed E-state index contributed by atoms with van der Waals surface area (Å²) in [5.41, 5.74) is 2.24. The highest BCUT2D eigenvalue weighted by Crippen LogP contribution is 2.37. The van der Waals surface area contributed by atoms with Crippen molar-refractivity contribution in [3.63, 3.8) is 0 Å². The topological polar surface area (TPSA) is 62.7 Å². The van der Waals surface area contributed by atoms with E-state index in [0.717, 1.165) is 17.5 Å². The summed E-state index contributed by atoms with van der Waals surface area (Å²) in [7, 11) is 0. The first-order chi connectivity index (χ1) is 12.0. The summed E-state index contributed by atoms with van der Waals surface area (Å²) in [6, 6.07) is 7.08. The zero-order valence-electron chi connectivity index (χ0n) is 14.3. The van der Waals surface area contributed by atoms with E-state index in [2.05, 4.69) is 4.98 Å². The van der Waals surface area contributed by atoms with E-state index in [9.17, 15) is 9.90 Å². The first-order valence-corrected chi connectivity index (χ1v) is 8.76. The van der Waals surface area contributed by atoms with Crippen LogP contribution in [0, 0.1) is 5.92 Å². The van der Waals surface area contributed by atoms with E-state index in [-0.39, 0.29) is 17.6 Å². The number of nitrogens with zero attached hydrogens (tertiary/aromatic N) is 2. The molecular weight excluding hydrogens is 340 g/mol. The molecule has 0 fully saturated rings. The van der Waals surface area contributed by atoms with Gasteiger partial charge in [-0.05, 0) is 30.7 Å². The third-order valence-corrected chi connectivity index (χ3v) is 4.71. The summed E-state index contributed by atoms with van der Waals surface area (Å²) >= 11 is 5.89. The lowest BCUT2D eigenvalue weighted by Crippen LogP contribution is -2.36. The molecule has 25 heavy (non-hydrogen) atoms. The van der Waals surface area contributed by atoms with Crippen molar-refractivity contribution in [1.29, 1.82) is 0 Å². The number of hydrogen-bond donors (Lipinski definition) is 1. The number of hydrogen-bond acceptors (Lipinski definition) is 4. The molecule has 2 aromatic rings. The van der Waals surface area contributed by atoms with Crippen LogP contribution in [0.5, 0.6) is 11.5 Å². The lowest BCUT2D eigenvalue weighted by Gasteiger charge is -2.23. The van der Waals surface area contributed by atoms with Crippen LogP contribution < -0.4 is 4.74 Å². The van der Waals surface area contributed by atoms with Gasteiger partial charge >= 0.3 is 0 Å². The lowest BCUT2D eigenvalue weighted by molar-refractivity contribution is -0.135. The van der Waals surface area contributed by atoms with Gasteiger partial charge in [0.2, 0.25) is 5.91 Å². The van der Waals surface area contributed by atoms with E-state index in [1.807, 2.05) is 19.9 Å². The fourth-order valence-electron chi connectivity index (χ4n) is 2.87. The van der Waals surface area contributed by atoms with Gasteiger partial charge in [-0.2, -0.15) is 0 Å². The standard InChI is InChI=1S/C19H21ClN2O3/c1-3-12(2)19(24)22-6-7-25-18-14(11-22)8-13(9-17(18)23)16-5-4-15(20)10-21-16/h4-5,8-10,12,23H,3,6-7,11H2,1-2H3/t12-/m1/s1. The molecular formula is C19H21ClN2O3. The first-order valence-electron chi connectivity index (χ1n) is 8.39. The van der Waals surface area contributed by atoms with Crippen LogP contribution in [-0.4, -0.2) is 34.0 Å². The quantitative estimate of drug-likeness (QED) is 0.902. The van der Waals surface area contributed by atoms with Crippen molar-refractivity contribution in [2.75, 3.05) is 13.2 Å². The van der Waals surface area contributed by atoms with Crippen molar-refractivity contribution >= 4 is 17.5 Å². The molecule has 6 heteroatoms. The zero-order valence-corrected chi connectivity index (χ0v) is 15.1. The fourth-order valence-corrected chi connectivity index (χ4v) is 2.98. The summed E-state index contributed by atoms with van der Waals surface area (Å²) in [6.07, 6.45) is 2.36. The number of benzene rings is 1. The van der Waals surface area contributed by atoms with E-state index in [4.69, 9.17) is 16.3 Å². The van der Waals surface area contributed by atoms with Gasteiger partial charge in [0.15, 0.2) is 11.5 Å². The Morgan fingerprint density at radius 1 is 1.44 bits per heavy atom. The summed E-state index contributed by atoms with van der Waals surface area (Å²) in [5.74, 6) is 0.573. The molecule has 3 rings (SSSR count). The molecule has 1 aromatic heterocycles. The van der Waals surface area contributed by atoms with Crippen LogP contribution in [0.3, 0.4) is 0 Å². The van der Waals surface area contributed by atoms with Crippen molar-refractivity contribution in [1.82, 2.24) is 9.88 Å². The van der Waals surface area contributed by atoms with Crippen molar-refractivity contribution in [2.24, 2.45) is 5.92 Å². The number of carbonyl (C=O) groups is 1. The maximum absolute atomic E-state index is 12.5. The molecule has 1 aromatic carbocycles. The monoisotopic (exact) mass is 360 g/mol. The molecule has 1 atom stereocenters. The summed E-state index contributed by atoms with van der Waals surface area (Å²) in [5, 5.41) is 10.9. The van der Waals surface area contributed by atoms with Crippen LogP contribution in [0.25, 0.3) is 11.3 Å². The van der Waals surface area contributed by atoms with Crippen molar-refractivity contribution in [2.45, 2.75) is 26.8 Å². The molecule has 132 valence electrons. The predicted octanol–water partition coefficient (Wildman–Crippen LogP) is 3.87. The Kier molecular flexibility index (Phi) is 5.13. The molecule has 0 spiro atoms. The number of aromatic nitrogens is 1. The average Bonchev–Trinajstić information content (AvgIpc) is 2.83. The largest absolute Gasteiger partial charge is 0.504 e. The molecule has 0 saturated heterocycles. The molecule has 1 aliphatic rings. The molecule has 0 radical (unpaired) electrons. The van der Waals surface area contributed by atoms with Gasteiger partial charge in [0.1, 0.15) is 6.61 Å². The Morgan fingerprint density at radius 2 is 2.24 bits per heavy atom. The lowest BCUT2D eigenvalue weighted by atomic mass is 10.0. The molecule has 0 aliphatic carbocycles. The normalized spacial score (nSPS) is 15.1. The molecule has 1 aliphatic heterocycles. The SMILES string of the molecule is CC[C@@H](C)C(=O)N1CCOc2c(O)cc(-c3ccc(Cl)cn3)cc2C1. The minimum Gasteiger partial charge on any atom is -0.504 e. The predicted molar refractivity (Wildman–Crippen MR) is 96.7 cm³/mol. The third-order valence-electron chi connectivity index (χ3n) is 4.48. The van der Waals surface area contributed by atoms with E-state index in [0.29, 0.717) is 36.2 Å². The molecule has 0 bridgehead atoms. The number of ether oxygens (including phenoxy) is 1. The average molecular weight is 361 g/mol. The maximum atomic E-state index is 12.5. The van der Waals surface area contributed by atoms with Crippen molar-refractivity contribution in [3.8, 4) is 22.8 Å². The van der Waals surface area contributed by atoms with E-state index in [1.165, 1.54) is 0 Å². The Labute approximate surface area is 152 Å². The van der Waals surface area contributed by atoms with Gasteiger partial charge in [0.05, 0.1) is 17.3 Å². The number of rotatable bonds is 3. The van der Waals surface area contributed by atoms with Gasteiger partial charge in [-0.1, -0.05) is 25.4 Å². The Balaban J connectivity index is 1.96. The van der Waals surface area contributed by atoms with Gasteiger partial charge in [-0.15, -0.1) is 0 Å². The Bertz CT molecular complexity index is 777. The number of aromatic hydroxyl groups is 1. The van der Waals surface area contributed by atoms with E-state index < -0.39 is 0 Å². The highest BCUT2D eigenvalue weighted by Gasteiger charge is 2.25. The van der Waals surface area contributed by atoms with Crippen molar-refractivity contribution < 1.29 is 14.6 Å². The highest BCUT2D eigenvalue weighted by atomic mass is 35.5. The molecule has 1 N–H and O–H groups in total. The number of phenolic OH excluding ortho intramolecular Hbond substituents is 1. The number of carbonyl (C=O) groups excluding carboxylic acids is 1. The van der Waals surface area contributed by atoms with Crippen LogP contribution in [0.1, 0.15) is 25.8 Å². The Hall–Kier alpha value is -2.27. The van der Waals surface area contributed by atoms with Crippen LogP contribution in [0.4, 0.5) is 0 Å². The maximum Gasteiger partial charge on any atom is 0.225 e. The van der Waals surface area contributed by atoms with E-state index in [1.54, 1.807) is 29.3 Å². The van der Waals surface area contributed by atoms with Crippen LogP contribution >= 0.6 is 11.6 Å². The zero-order chi connectivity index (χ0) is 18.0. The summed E-state index contributed by atoms with van der Waals surface area (Å²) < 4.78 is 5.70. The fraction of sp³-hybridized carbons (Fsp3) is 0.368. The molecule has 0 unspecified atom stereocenters. The smallest absolute Gasteiger partial charge is 0.225 e. The second-order valence-electron chi connectivity index (χ2n) is 6.26. The minimum atomic E-state index is -0.0312. The van der Waals surface area contributed by atoms with Gasteiger partial charge in [-0.25, -0.2) is 0 Å². The first kappa shape index (κ1) is 17.5. The number of pyridine rings is 1. The van der Waals surface area contributed by atoms with Crippen LogP contribution in [0.2, 0.25) is 5.02 Å². The second kappa shape index (κ2) is 7.31. The molecule has 0 saturated carbocycles. The number of fused-ring (bicyclic) bond motifs is 1. The highest BCUT2D eigenvalue weighted by molar-refractivity contribution is 6.30. The van der Waals surface area contributed by atoms with Gasteiger partial charge in [-0.3, -0.25) is 9.78 Å². The number of phenols is 1. The number of amides is 1. The molecule has 1 amide bonds. The van der Waals surface area contributed by atoms with Gasteiger partial charge in [0, 0.05) is 29.8 Å². The van der Waals surface area contributed by atoms with Gasteiger partial charge in [0.25, 0.3) is 0 Å². The number of halogens is 1. The third kappa shape index (κ3) is 3.71.